The van der Waals surface area contributed by atoms with E-state index >= 15 is 0 Å². The van der Waals surface area contributed by atoms with E-state index < -0.39 is 5.97 Å². The zero-order valence-corrected chi connectivity index (χ0v) is 8.92. The predicted octanol–water partition coefficient (Wildman–Crippen LogP) is 2.46. The van der Waals surface area contributed by atoms with Gasteiger partial charge in [-0.3, -0.25) is 0 Å². The van der Waals surface area contributed by atoms with Crippen molar-refractivity contribution in [2.24, 2.45) is 0 Å². The molecular weight excluding hydrogens is 214 g/mol. The van der Waals surface area contributed by atoms with Gasteiger partial charge in [-0.2, -0.15) is 0 Å². The molecule has 0 aromatic heterocycles. The van der Waals surface area contributed by atoms with Crippen molar-refractivity contribution in [2.45, 2.75) is 18.9 Å². The Morgan fingerprint density at radius 2 is 2.33 bits per heavy atom. The van der Waals surface area contributed by atoms with Gasteiger partial charge in [-0.1, -0.05) is 17.7 Å². The molecule has 3 nitrogen and oxygen atoms in total. The fraction of sp³-hybridized carbons (Fsp3) is 0.364. The summed E-state index contributed by atoms with van der Waals surface area (Å²) >= 11 is 5.78. The molecule has 80 valence electrons. The van der Waals surface area contributed by atoms with Crippen LogP contribution in [0.25, 0.3) is 0 Å². The maximum Gasteiger partial charge on any atom is 0.336 e. The minimum Gasteiger partial charge on any atom is -0.478 e. The lowest BCUT2D eigenvalue weighted by molar-refractivity contribution is 0.0695. The maximum absolute atomic E-state index is 11.0. The van der Waals surface area contributed by atoms with Gasteiger partial charge in [0.25, 0.3) is 0 Å². The van der Waals surface area contributed by atoms with Gasteiger partial charge < -0.3 is 10.4 Å². The Balaban J connectivity index is 2.40. The van der Waals surface area contributed by atoms with Crippen molar-refractivity contribution in [2.75, 3.05) is 6.54 Å². The van der Waals surface area contributed by atoms with Crippen LogP contribution in [0.1, 0.15) is 34.8 Å². The van der Waals surface area contributed by atoms with Crippen LogP contribution >= 0.6 is 11.6 Å². The standard InChI is InChI=1S/C11H12ClNO2/c12-7-3-4-8(9(6-7)11(14)15)10-2-1-5-13-10/h3-4,6,10,13H,1-2,5H2,(H,14,15)/t10-/m0/s1. The summed E-state index contributed by atoms with van der Waals surface area (Å²) in [4.78, 5) is 11.0. The number of hydrogen-bond acceptors (Lipinski definition) is 2. The van der Waals surface area contributed by atoms with Crippen LogP contribution in [0.2, 0.25) is 5.02 Å². The average Bonchev–Trinajstić information content (AvgIpc) is 2.70. The second-order valence-electron chi connectivity index (χ2n) is 3.69. The highest BCUT2D eigenvalue weighted by Gasteiger charge is 2.21. The molecular formula is C11H12ClNO2. The molecule has 1 atom stereocenters. The van der Waals surface area contributed by atoms with Gasteiger partial charge >= 0.3 is 5.97 Å². The number of nitrogens with one attached hydrogen (secondary N) is 1. The molecule has 1 saturated heterocycles. The van der Waals surface area contributed by atoms with Crippen molar-refractivity contribution in [1.29, 1.82) is 0 Å². The number of halogens is 1. The molecule has 1 aliphatic heterocycles. The van der Waals surface area contributed by atoms with Gasteiger partial charge in [-0.25, -0.2) is 4.79 Å². The molecule has 2 rings (SSSR count). The minimum atomic E-state index is -0.916. The van der Waals surface area contributed by atoms with Gasteiger partial charge in [0.2, 0.25) is 0 Å². The predicted molar refractivity (Wildman–Crippen MR) is 58.4 cm³/mol. The Bertz CT molecular complexity index is 386. The van der Waals surface area contributed by atoms with E-state index in [0.29, 0.717) is 10.6 Å². The molecule has 0 aliphatic carbocycles. The molecule has 1 aromatic carbocycles. The summed E-state index contributed by atoms with van der Waals surface area (Å²) in [7, 11) is 0. The van der Waals surface area contributed by atoms with Crippen molar-refractivity contribution in [3.05, 3.63) is 34.3 Å². The summed E-state index contributed by atoms with van der Waals surface area (Å²) < 4.78 is 0. The second kappa shape index (κ2) is 4.21. The number of rotatable bonds is 2. The molecule has 0 saturated carbocycles. The van der Waals surface area contributed by atoms with Crippen LogP contribution in [0.15, 0.2) is 18.2 Å². The van der Waals surface area contributed by atoms with Crippen LogP contribution in [-0.2, 0) is 0 Å². The van der Waals surface area contributed by atoms with Crippen LogP contribution in [-0.4, -0.2) is 17.6 Å². The van der Waals surface area contributed by atoms with E-state index in [1.165, 1.54) is 6.07 Å². The fourth-order valence-corrected chi connectivity index (χ4v) is 2.14. The molecule has 2 N–H and O–H groups in total. The number of benzene rings is 1. The molecule has 0 radical (unpaired) electrons. The Morgan fingerprint density at radius 1 is 1.53 bits per heavy atom. The Hall–Kier alpha value is -1.06. The van der Waals surface area contributed by atoms with Crippen molar-refractivity contribution in [1.82, 2.24) is 5.32 Å². The Kier molecular flexibility index (Phi) is 2.93. The zero-order valence-electron chi connectivity index (χ0n) is 8.16. The quantitative estimate of drug-likeness (QED) is 0.813. The van der Waals surface area contributed by atoms with Gasteiger partial charge in [0.05, 0.1) is 5.56 Å². The van der Waals surface area contributed by atoms with E-state index in [0.717, 1.165) is 24.9 Å². The van der Waals surface area contributed by atoms with E-state index in [2.05, 4.69) is 5.32 Å². The molecule has 1 aliphatic rings. The average molecular weight is 226 g/mol. The highest BCUT2D eigenvalue weighted by Crippen LogP contribution is 2.27. The highest BCUT2D eigenvalue weighted by atomic mass is 35.5. The first kappa shape index (κ1) is 10.5. The zero-order chi connectivity index (χ0) is 10.8. The van der Waals surface area contributed by atoms with Gasteiger partial charge in [-0.15, -0.1) is 0 Å². The number of carbonyl (C=O) groups is 1. The summed E-state index contributed by atoms with van der Waals surface area (Å²) in [6, 6.07) is 5.21. The lowest BCUT2D eigenvalue weighted by Gasteiger charge is -2.13. The first-order chi connectivity index (χ1) is 7.18. The van der Waals surface area contributed by atoms with Crippen molar-refractivity contribution >= 4 is 17.6 Å². The first-order valence-corrected chi connectivity index (χ1v) is 5.32. The van der Waals surface area contributed by atoms with Crippen molar-refractivity contribution in [3.8, 4) is 0 Å². The first-order valence-electron chi connectivity index (χ1n) is 4.94. The van der Waals surface area contributed by atoms with E-state index in [1.54, 1.807) is 12.1 Å². The second-order valence-corrected chi connectivity index (χ2v) is 4.12. The van der Waals surface area contributed by atoms with E-state index in [-0.39, 0.29) is 6.04 Å². The van der Waals surface area contributed by atoms with Crippen molar-refractivity contribution < 1.29 is 9.90 Å². The molecule has 0 spiro atoms. The third-order valence-electron chi connectivity index (χ3n) is 2.68. The van der Waals surface area contributed by atoms with Gasteiger partial charge in [0, 0.05) is 11.1 Å². The van der Waals surface area contributed by atoms with Crippen LogP contribution < -0.4 is 5.32 Å². The monoisotopic (exact) mass is 225 g/mol. The summed E-state index contributed by atoms with van der Waals surface area (Å²) in [6.07, 6.45) is 2.08. The summed E-state index contributed by atoms with van der Waals surface area (Å²) in [5, 5.41) is 12.8. The van der Waals surface area contributed by atoms with Crippen LogP contribution in [0.3, 0.4) is 0 Å². The normalized spacial score (nSPS) is 20.5. The third-order valence-corrected chi connectivity index (χ3v) is 2.92. The number of carboxylic acids is 1. The number of carboxylic acid groups (broad SMARTS) is 1. The van der Waals surface area contributed by atoms with E-state index in [9.17, 15) is 4.79 Å². The molecule has 15 heavy (non-hydrogen) atoms. The molecule has 1 aromatic rings. The lowest BCUT2D eigenvalue weighted by atomic mass is 9.99. The molecule has 1 heterocycles. The molecule has 4 heteroatoms. The Labute approximate surface area is 93.1 Å². The third kappa shape index (κ3) is 2.13. The smallest absolute Gasteiger partial charge is 0.336 e. The van der Waals surface area contributed by atoms with Gasteiger partial charge in [0.1, 0.15) is 0 Å². The minimum absolute atomic E-state index is 0.161. The number of hydrogen-bond donors (Lipinski definition) is 2. The Morgan fingerprint density at radius 3 is 2.93 bits per heavy atom. The van der Waals surface area contributed by atoms with Gasteiger partial charge in [0.15, 0.2) is 0 Å². The number of aromatic carboxylic acids is 1. The topological polar surface area (TPSA) is 49.3 Å². The molecule has 1 fully saturated rings. The van der Waals surface area contributed by atoms with Crippen LogP contribution in [0, 0.1) is 0 Å². The summed E-state index contributed by atoms with van der Waals surface area (Å²) in [6.45, 7) is 0.951. The molecule has 0 unspecified atom stereocenters. The summed E-state index contributed by atoms with van der Waals surface area (Å²) in [5.74, 6) is -0.916. The van der Waals surface area contributed by atoms with E-state index in [1.807, 2.05) is 0 Å². The largest absolute Gasteiger partial charge is 0.478 e. The molecule has 0 amide bonds. The van der Waals surface area contributed by atoms with Crippen molar-refractivity contribution in [3.63, 3.8) is 0 Å². The SMILES string of the molecule is O=C(O)c1cc(Cl)ccc1[C@@H]1CCCN1. The van der Waals surface area contributed by atoms with E-state index in [4.69, 9.17) is 16.7 Å². The lowest BCUT2D eigenvalue weighted by Crippen LogP contribution is -2.16. The molecule has 0 bridgehead atoms. The maximum atomic E-state index is 11.0. The highest BCUT2D eigenvalue weighted by molar-refractivity contribution is 6.31. The fourth-order valence-electron chi connectivity index (χ4n) is 1.97. The summed E-state index contributed by atoms with van der Waals surface area (Å²) in [5.41, 5.74) is 1.14. The van der Waals surface area contributed by atoms with Crippen LogP contribution in [0.5, 0.6) is 0 Å². The van der Waals surface area contributed by atoms with Gasteiger partial charge in [-0.05, 0) is 37.1 Å². The van der Waals surface area contributed by atoms with Crippen LogP contribution in [0.4, 0.5) is 0 Å².